The van der Waals surface area contributed by atoms with Crippen molar-refractivity contribution >= 4 is 57.7 Å². The highest BCUT2D eigenvalue weighted by atomic mass is 32.2. The second kappa shape index (κ2) is 9.64. The van der Waals surface area contributed by atoms with E-state index in [1.54, 1.807) is 24.4 Å². The zero-order valence-corrected chi connectivity index (χ0v) is 20.2. The second-order valence-electron chi connectivity index (χ2n) is 8.76. The highest BCUT2D eigenvalue weighted by molar-refractivity contribution is 8.26. The van der Waals surface area contributed by atoms with Crippen LogP contribution in [-0.4, -0.2) is 55.2 Å². The Hall–Kier alpha value is -2.72. The van der Waals surface area contributed by atoms with Crippen LogP contribution in [0.15, 0.2) is 34.1 Å². The van der Waals surface area contributed by atoms with Gasteiger partial charge >= 0.3 is 5.97 Å². The van der Waals surface area contributed by atoms with Gasteiger partial charge in [0.15, 0.2) is 0 Å². The molecule has 0 bridgehead atoms. The molecule has 4 heterocycles. The summed E-state index contributed by atoms with van der Waals surface area (Å²) in [7, 11) is 0. The molecule has 0 spiro atoms. The molecule has 10 heteroatoms. The van der Waals surface area contributed by atoms with Crippen LogP contribution >= 0.6 is 24.0 Å². The molecule has 4 rings (SSSR count). The van der Waals surface area contributed by atoms with Gasteiger partial charge in [-0.15, -0.1) is 0 Å². The fourth-order valence-corrected chi connectivity index (χ4v) is 5.80. The first-order valence-electron chi connectivity index (χ1n) is 11.0. The lowest BCUT2D eigenvalue weighted by molar-refractivity contribution is -0.137. The number of hydrogen-bond acceptors (Lipinski definition) is 7. The molecule has 2 aromatic rings. The summed E-state index contributed by atoms with van der Waals surface area (Å²) in [5.74, 6) is 0.288. The third kappa shape index (κ3) is 4.96. The van der Waals surface area contributed by atoms with E-state index in [2.05, 4.69) is 18.7 Å². The van der Waals surface area contributed by atoms with E-state index in [1.165, 1.54) is 9.30 Å². The van der Waals surface area contributed by atoms with Crippen LogP contribution < -0.4 is 10.5 Å². The molecule has 1 amide bonds. The molecule has 174 valence electrons. The van der Waals surface area contributed by atoms with Crippen LogP contribution in [0.5, 0.6) is 0 Å². The van der Waals surface area contributed by atoms with E-state index in [1.807, 2.05) is 6.07 Å². The largest absolute Gasteiger partial charge is 0.481 e. The Balaban J connectivity index is 1.75. The van der Waals surface area contributed by atoms with Gasteiger partial charge in [0.2, 0.25) is 0 Å². The molecule has 2 aliphatic rings. The number of carboxylic acids is 1. The number of nitrogens with zero attached hydrogens (tertiary/aromatic N) is 4. The maximum atomic E-state index is 13.5. The number of aromatic nitrogens is 2. The number of pyridine rings is 1. The lowest BCUT2D eigenvalue weighted by Crippen LogP contribution is -2.40. The highest BCUT2D eigenvalue weighted by Gasteiger charge is 2.33. The lowest BCUT2D eigenvalue weighted by Gasteiger charge is -2.36. The number of fused-ring (bicyclic) bond motifs is 1. The number of carbonyl (C=O) groups excluding carboxylic acids is 1. The molecule has 2 aromatic heterocycles. The zero-order chi connectivity index (χ0) is 23.7. The van der Waals surface area contributed by atoms with Crippen molar-refractivity contribution < 1.29 is 14.7 Å². The Morgan fingerprint density at radius 3 is 2.70 bits per heavy atom. The quantitative estimate of drug-likeness (QED) is 0.491. The standard InChI is InChI=1S/C23H26N4O4S2/c1-14-10-15(2)13-25(12-14)20-16(21(30)26-8-4-3-6-18(26)24-20)11-17-22(31)27(23(32)33-17)9-5-7-19(28)29/h3-4,6,8,11,14-15H,5,7,9-10,12-13H2,1-2H3,(H,28,29). The van der Waals surface area contributed by atoms with Crippen LogP contribution in [-0.2, 0) is 9.59 Å². The van der Waals surface area contributed by atoms with Crippen LogP contribution in [0.25, 0.3) is 11.7 Å². The molecular weight excluding hydrogens is 460 g/mol. The van der Waals surface area contributed by atoms with Crippen LogP contribution in [0.4, 0.5) is 5.82 Å². The van der Waals surface area contributed by atoms with Gasteiger partial charge in [0.1, 0.15) is 15.8 Å². The minimum Gasteiger partial charge on any atom is -0.481 e. The van der Waals surface area contributed by atoms with E-state index in [0.29, 0.717) is 44.5 Å². The predicted octanol–water partition coefficient (Wildman–Crippen LogP) is 3.24. The number of aliphatic carboxylic acids is 1. The van der Waals surface area contributed by atoms with Crippen molar-refractivity contribution in [3.8, 4) is 0 Å². The smallest absolute Gasteiger partial charge is 0.303 e. The van der Waals surface area contributed by atoms with Crippen molar-refractivity contribution in [2.45, 2.75) is 33.1 Å². The SMILES string of the molecule is CC1CC(C)CN(c2nc3ccccn3c(=O)c2C=C2SC(=S)N(CCCC(=O)O)C2=O)C1. The van der Waals surface area contributed by atoms with Crippen molar-refractivity contribution in [2.75, 3.05) is 24.5 Å². The molecule has 2 unspecified atom stereocenters. The summed E-state index contributed by atoms with van der Waals surface area (Å²) < 4.78 is 1.85. The Morgan fingerprint density at radius 1 is 1.27 bits per heavy atom. The maximum Gasteiger partial charge on any atom is 0.303 e. The monoisotopic (exact) mass is 486 g/mol. The number of amides is 1. The van der Waals surface area contributed by atoms with Gasteiger partial charge in [0.05, 0.1) is 10.5 Å². The average Bonchev–Trinajstić information content (AvgIpc) is 3.02. The maximum absolute atomic E-state index is 13.5. The normalized spacial score (nSPS) is 22.5. The summed E-state index contributed by atoms with van der Waals surface area (Å²) in [5, 5.41) is 8.87. The van der Waals surface area contributed by atoms with Crippen molar-refractivity contribution in [1.29, 1.82) is 0 Å². The summed E-state index contributed by atoms with van der Waals surface area (Å²) in [6, 6.07) is 5.41. The molecule has 8 nitrogen and oxygen atoms in total. The lowest BCUT2D eigenvalue weighted by atomic mass is 9.91. The summed E-state index contributed by atoms with van der Waals surface area (Å²) in [4.78, 5) is 46.0. The fourth-order valence-electron chi connectivity index (χ4n) is 4.51. The van der Waals surface area contributed by atoms with Gasteiger partial charge in [-0.25, -0.2) is 4.98 Å². The van der Waals surface area contributed by atoms with Crippen LogP contribution in [0.1, 0.15) is 38.7 Å². The number of carbonyl (C=O) groups is 2. The van der Waals surface area contributed by atoms with E-state index in [0.717, 1.165) is 31.3 Å². The number of anilines is 1. The van der Waals surface area contributed by atoms with Crippen LogP contribution in [0, 0.1) is 11.8 Å². The predicted molar refractivity (Wildman–Crippen MR) is 133 cm³/mol. The number of hydrogen-bond donors (Lipinski definition) is 1. The van der Waals surface area contributed by atoms with Gasteiger partial charge in [-0.2, -0.15) is 0 Å². The molecule has 0 saturated carbocycles. The number of carboxylic acid groups (broad SMARTS) is 1. The molecule has 33 heavy (non-hydrogen) atoms. The number of thiocarbonyl (C=S) groups is 1. The fraction of sp³-hybridized carbons (Fsp3) is 0.435. The first-order chi connectivity index (χ1) is 15.7. The third-order valence-corrected chi connectivity index (χ3v) is 7.22. The van der Waals surface area contributed by atoms with Gasteiger partial charge in [-0.1, -0.05) is 43.9 Å². The first kappa shape index (κ1) is 23.4. The van der Waals surface area contributed by atoms with Gasteiger partial charge in [0.25, 0.3) is 11.5 Å². The van der Waals surface area contributed by atoms with Crippen molar-refractivity contribution in [1.82, 2.24) is 14.3 Å². The topological polar surface area (TPSA) is 95.2 Å². The minimum absolute atomic E-state index is 0.0402. The molecule has 0 radical (unpaired) electrons. The van der Waals surface area contributed by atoms with Gasteiger partial charge < -0.3 is 10.0 Å². The van der Waals surface area contributed by atoms with E-state index < -0.39 is 5.97 Å². The highest BCUT2D eigenvalue weighted by Crippen LogP contribution is 2.34. The molecular formula is C23H26N4O4S2. The number of rotatable bonds is 6. The van der Waals surface area contributed by atoms with E-state index in [9.17, 15) is 14.4 Å². The van der Waals surface area contributed by atoms with Gasteiger partial charge in [0, 0.05) is 32.3 Å². The molecule has 2 saturated heterocycles. The Bertz CT molecular complexity index is 1200. The van der Waals surface area contributed by atoms with E-state index >= 15 is 0 Å². The first-order valence-corrected chi connectivity index (χ1v) is 12.2. The van der Waals surface area contributed by atoms with Crippen LogP contribution in [0.2, 0.25) is 0 Å². The molecule has 0 aromatic carbocycles. The Morgan fingerprint density at radius 2 is 2.00 bits per heavy atom. The van der Waals surface area contributed by atoms with Gasteiger partial charge in [-0.3, -0.25) is 23.7 Å². The second-order valence-corrected chi connectivity index (χ2v) is 10.4. The third-order valence-electron chi connectivity index (χ3n) is 5.84. The van der Waals surface area contributed by atoms with Crippen molar-refractivity contribution in [2.24, 2.45) is 11.8 Å². The Kier molecular flexibility index (Phi) is 6.85. The van der Waals surface area contributed by atoms with E-state index in [4.69, 9.17) is 22.3 Å². The summed E-state index contributed by atoms with van der Waals surface area (Å²) in [5.41, 5.74) is 0.686. The number of thioether (sulfide) groups is 1. The molecule has 1 N–H and O–H groups in total. The summed E-state index contributed by atoms with van der Waals surface area (Å²) in [6.07, 6.45) is 4.66. The van der Waals surface area contributed by atoms with Crippen molar-refractivity contribution in [3.63, 3.8) is 0 Å². The average molecular weight is 487 g/mol. The molecule has 0 aliphatic carbocycles. The zero-order valence-electron chi connectivity index (χ0n) is 18.6. The van der Waals surface area contributed by atoms with Crippen molar-refractivity contribution in [3.05, 3.63) is 45.2 Å². The molecule has 2 aliphatic heterocycles. The minimum atomic E-state index is -0.916. The Labute approximate surface area is 201 Å². The van der Waals surface area contributed by atoms with Gasteiger partial charge in [-0.05, 0) is 42.9 Å². The molecule has 2 fully saturated rings. The molecule has 2 atom stereocenters. The van der Waals surface area contributed by atoms with Crippen LogP contribution in [0.3, 0.4) is 0 Å². The summed E-state index contributed by atoms with van der Waals surface area (Å²) >= 11 is 6.49. The number of piperidine rings is 1. The van der Waals surface area contributed by atoms with E-state index in [-0.39, 0.29) is 24.4 Å². The summed E-state index contributed by atoms with van der Waals surface area (Å²) in [6.45, 7) is 6.20.